The third-order valence-corrected chi connectivity index (χ3v) is 6.29. The summed E-state index contributed by atoms with van der Waals surface area (Å²) in [4.78, 5) is 36.9. The van der Waals surface area contributed by atoms with E-state index in [4.69, 9.17) is 9.47 Å². The highest BCUT2D eigenvalue weighted by atomic mass is 16.6. The summed E-state index contributed by atoms with van der Waals surface area (Å²) in [6.07, 6.45) is 7.42. The summed E-state index contributed by atoms with van der Waals surface area (Å²) in [5.74, 6) is 1.19. The van der Waals surface area contributed by atoms with E-state index in [1.54, 1.807) is 48.5 Å². The minimum Gasteiger partial charge on any atom is -0.457 e. The average Bonchev–Trinajstić information content (AvgIpc) is 3.01. The molecule has 5 aromatic rings. The van der Waals surface area contributed by atoms with Gasteiger partial charge in [0.15, 0.2) is 24.8 Å². The number of nitro benzene ring substituents is 1. The van der Waals surface area contributed by atoms with Crippen LogP contribution in [0.4, 0.5) is 17.1 Å². The SMILES string of the molecule is C[n+]1ccc(Oc2ccc(NC(=O)c3ccc(C(=O)Nc4ccc(Oc5cc[n+](C)cc5)cc4)c([N+](=O)[O-])c3)cc2)cc1. The second-order valence-corrected chi connectivity index (χ2v) is 9.55. The van der Waals surface area contributed by atoms with Crippen molar-refractivity contribution >= 4 is 28.9 Å². The van der Waals surface area contributed by atoms with Crippen LogP contribution in [-0.4, -0.2) is 16.7 Å². The van der Waals surface area contributed by atoms with Crippen molar-refractivity contribution in [3.05, 3.63) is 137 Å². The van der Waals surface area contributed by atoms with Crippen molar-refractivity contribution in [1.29, 1.82) is 0 Å². The number of ether oxygens (including phenoxy) is 2. The van der Waals surface area contributed by atoms with E-state index < -0.39 is 22.4 Å². The third kappa shape index (κ3) is 7.35. The fraction of sp³-hybridized carbons (Fsp3) is 0.0625. The summed E-state index contributed by atoms with van der Waals surface area (Å²) >= 11 is 0. The van der Waals surface area contributed by atoms with Crippen LogP contribution in [0.2, 0.25) is 0 Å². The van der Waals surface area contributed by atoms with Gasteiger partial charge in [-0.25, -0.2) is 9.13 Å². The third-order valence-electron chi connectivity index (χ3n) is 6.29. The van der Waals surface area contributed by atoms with Gasteiger partial charge in [0.1, 0.15) is 42.7 Å². The van der Waals surface area contributed by atoms with Gasteiger partial charge < -0.3 is 20.1 Å². The van der Waals surface area contributed by atoms with Gasteiger partial charge in [-0.15, -0.1) is 0 Å². The van der Waals surface area contributed by atoms with Crippen LogP contribution in [0.25, 0.3) is 0 Å². The summed E-state index contributed by atoms with van der Waals surface area (Å²) < 4.78 is 15.3. The lowest BCUT2D eigenvalue weighted by atomic mass is 10.1. The Morgan fingerprint density at radius 3 is 1.49 bits per heavy atom. The molecule has 0 unspecified atom stereocenters. The van der Waals surface area contributed by atoms with Gasteiger partial charge in [-0.2, -0.15) is 0 Å². The highest BCUT2D eigenvalue weighted by molar-refractivity contribution is 6.09. The minimum absolute atomic E-state index is 0.0248. The number of anilines is 2. The second kappa shape index (κ2) is 12.6. The molecule has 0 aliphatic carbocycles. The van der Waals surface area contributed by atoms with Crippen LogP contribution in [-0.2, 0) is 14.1 Å². The van der Waals surface area contributed by atoms with E-state index in [1.165, 1.54) is 12.1 Å². The van der Waals surface area contributed by atoms with Gasteiger partial charge in [-0.1, -0.05) is 0 Å². The van der Waals surface area contributed by atoms with E-state index in [1.807, 2.05) is 72.3 Å². The summed E-state index contributed by atoms with van der Waals surface area (Å²) in [5.41, 5.74) is 0.228. The molecule has 214 valence electrons. The van der Waals surface area contributed by atoms with Crippen LogP contribution in [0.1, 0.15) is 20.7 Å². The van der Waals surface area contributed by atoms with Gasteiger partial charge in [0, 0.05) is 47.3 Å². The van der Waals surface area contributed by atoms with Crippen molar-refractivity contribution in [2.75, 3.05) is 10.6 Å². The van der Waals surface area contributed by atoms with E-state index in [9.17, 15) is 19.7 Å². The lowest BCUT2D eigenvalue weighted by molar-refractivity contribution is -0.671. The van der Waals surface area contributed by atoms with E-state index in [0.717, 1.165) is 6.07 Å². The number of benzene rings is 3. The Balaban J connectivity index is 1.23. The number of nitrogens with one attached hydrogen (secondary N) is 2. The zero-order valence-corrected chi connectivity index (χ0v) is 23.3. The highest BCUT2D eigenvalue weighted by Gasteiger charge is 2.23. The van der Waals surface area contributed by atoms with Gasteiger partial charge in [0.25, 0.3) is 17.5 Å². The van der Waals surface area contributed by atoms with Crippen LogP contribution in [0.3, 0.4) is 0 Å². The number of pyridine rings is 2. The number of carbonyl (C=O) groups is 2. The lowest BCUT2D eigenvalue weighted by Crippen LogP contribution is -2.25. The number of aryl methyl sites for hydroxylation is 2. The molecule has 11 heteroatoms. The van der Waals surface area contributed by atoms with E-state index in [0.29, 0.717) is 34.4 Å². The van der Waals surface area contributed by atoms with Crippen LogP contribution in [0, 0.1) is 10.1 Å². The molecule has 0 bridgehead atoms. The molecule has 3 aromatic carbocycles. The number of amides is 2. The van der Waals surface area contributed by atoms with E-state index in [2.05, 4.69) is 10.6 Å². The molecule has 0 aliphatic heterocycles. The fourth-order valence-electron chi connectivity index (χ4n) is 4.01. The van der Waals surface area contributed by atoms with Gasteiger partial charge in [-0.3, -0.25) is 19.7 Å². The maximum atomic E-state index is 12.9. The molecule has 0 spiro atoms. The Hall–Kier alpha value is -6.10. The zero-order chi connectivity index (χ0) is 30.3. The number of nitro groups is 1. The van der Waals surface area contributed by atoms with Crippen LogP contribution in [0.15, 0.2) is 116 Å². The monoisotopic (exact) mass is 577 g/mol. The van der Waals surface area contributed by atoms with Gasteiger partial charge >= 0.3 is 0 Å². The summed E-state index contributed by atoms with van der Waals surface area (Å²) in [6.45, 7) is 0. The van der Waals surface area contributed by atoms with Crippen molar-refractivity contribution < 1.29 is 33.1 Å². The van der Waals surface area contributed by atoms with Crippen molar-refractivity contribution in [3.63, 3.8) is 0 Å². The molecule has 2 heterocycles. The molecule has 5 rings (SSSR count). The van der Waals surface area contributed by atoms with Crippen molar-refractivity contribution in [3.8, 4) is 23.0 Å². The second-order valence-electron chi connectivity index (χ2n) is 9.55. The highest BCUT2D eigenvalue weighted by Crippen LogP contribution is 2.26. The normalized spacial score (nSPS) is 10.5. The molecule has 0 saturated heterocycles. The molecule has 2 aromatic heterocycles. The average molecular weight is 578 g/mol. The first-order valence-corrected chi connectivity index (χ1v) is 13.1. The standard InChI is InChI=1S/C32H25N5O6/c1-35-17-13-27(14-18-35)42-25-8-4-23(5-9-25)33-31(38)22-3-12-29(30(21-22)37(40)41)32(39)34-24-6-10-26(11-7-24)43-28-15-19-36(2)20-16-28/h3-21H,1-2H3/p+2. The summed E-state index contributed by atoms with van der Waals surface area (Å²) in [6, 6.07) is 24.3. The number of aromatic nitrogens is 2. The van der Waals surface area contributed by atoms with Crippen LogP contribution >= 0.6 is 0 Å². The fourth-order valence-corrected chi connectivity index (χ4v) is 4.01. The lowest BCUT2D eigenvalue weighted by Gasteiger charge is -2.10. The molecule has 0 radical (unpaired) electrons. The predicted octanol–water partition coefficient (Wildman–Crippen LogP) is 5.33. The zero-order valence-electron chi connectivity index (χ0n) is 23.3. The Morgan fingerprint density at radius 2 is 1.05 bits per heavy atom. The first kappa shape index (κ1) is 28.4. The van der Waals surface area contributed by atoms with Crippen LogP contribution < -0.4 is 29.2 Å². The molecule has 2 amide bonds. The largest absolute Gasteiger partial charge is 0.457 e. The quantitative estimate of drug-likeness (QED) is 0.138. The smallest absolute Gasteiger partial charge is 0.282 e. The number of rotatable bonds is 9. The number of hydrogen-bond acceptors (Lipinski definition) is 6. The Kier molecular flexibility index (Phi) is 8.33. The molecule has 43 heavy (non-hydrogen) atoms. The van der Waals surface area contributed by atoms with Gasteiger partial charge in [0.2, 0.25) is 0 Å². The maximum Gasteiger partial charge on any atom is 0.282 e. The topological polar surface area (TPSA) is 128 Å². The molecule has 11 nitrogen and oxygen atoms in total. The number of nitrogens with zero attached hydrogens (tertiary/aromatic N) is 3. The first-order chi connectivity index (χ1) is 20.7. The molecule has 0 saturated carbocycles. The maximum absolute atomic E-state index is 12.9. The molecule has 2 N–H and O–H groups in total. The first-order valence-electron chi connectivity index (χ1n) is 13.1. The summed E-state index contributed by atoms with van der Waals surface area (Å²) in [5, 5.41) is 17.2. The molecule has 0 fully saturated rings. The van der Waals surface area contributed by atoms with Crippen molar-refractivity contribution in [2.24, 2.45) is 14.1 Å². The molecular formula is C32H27N5O6+2. The molecule has 0 aliphatic rings. The number of carbonyl (C=O) groups excluding carboxylic acids is 2. The minimum atomic E-state index is -0.696. The molecular weight excluding hydrogens is 550 g/mol. The van der Waals surface area contributed by atoms with Gasteiger partial charge in [0.05, 0.1) is 4.92 Å². The van der Waals surface area contributed by atoms with E-state index in [-0.39, 0.29) is 11.1 Å². The van der Waals surface area contributed by atoms with Crippen molar-refractivity contribution in [1.82, 2.24) is 0 Å². The van der Waals surface area contributed by atoms with Crippen LogP contribution in [0.5, 0.6) is 23.0 Å². The Morgan fingerprint density at radius 1 is 0.628 bits per heavy atom. The van der Waals surface area contributed by atoms with E-state index >= 15 is 0 Å². The number of hydrogen-bond donors (Lipinski definition) is 2. The Labute approximate surface area is 246 Å². The summed E-state index contributed by atoms with van der Waals surface area (Å²) in [7, 11) is 3.80. The Bertz CT molecular complexity index is 1770. The predicted molar refractivity (Wildman–Crippen MR) is 157 cm³/mol. The van der Waals surface area contributed by atoms with Gasteiger partial charge in [-0.05, 0) is 60.7 Å². The van der Waals surface area contributed by atoms with Crippen molar-refractivity contribution in [2.45, 2.75) is 0 Å². The molecule has 0 atom stereocenters.